The van der Waals surface area contributed by atoms with E-state index in [1.807, 2.05) is 18.2 Å². The van der Waals surface area contributed by atoms with Crippen molar-refractivity contribution < 1.29 is 14.3 Å². The van der Waals surface area contributed by atoms with E-state index in [1.54, 1.807) is 36.4 Å². The molecule has 0 saturated heterocycles. The van der Waals surface area contributed by atoms with Gasteiger partial charge < -0.3 is 10.5 Å². The summed E-state index contributed by atoms with van der Waals surface area (Å²) in [5.74, 6) is -1.39. The fourth-order valence-electron chi connectivity index (χ4n) is 2.95. The molecule has 1 unspecified atom stereocenters. The van der Waals surface area contributed by atoms with Crippen LogP contribution in [0.1, 0.15) is 52.4 Å². The number of amides is 1. The van der Waals surface area contributed by atoms with Crippen molar-refractivity contribution in [3.05, 3.63) is 76.9 Å². The van der Waals surface area contributed by atoms with Crippen LogP contribution in [0.5, 0.6) is 0 Å². The van der Waals surface area contributed by atoms with Crippen LogP contribution in [0.15, 0.2) is 54.6 Å². The Balaban J connectivity index is 1.75. The maximum absolute atomic E-state index is 12.4. The Morgan fingerprint density at radius 2 is 1.77 bits per heavy atom. The molecule has 2 N–H and O–H groups in total. The molecule has 0 aliphatic heterocycles. The summed E-state index contributed by atoms with van der Waals surface area (Å²) in [5, 5.41) is 8.84. The summed E-state index contributed by atoms with van der Waals surface area (Å²) in [6.07, 6.45) is 4.30. The van der Waals surface area contributed by atoms with E-state index in [0.29, 0.717) is 16.7 Å². The highest BCUT2D eigenvalue weighted by molar-refractivity contribution is 5.92. The van der Waals surface area contributed by atoms with Crippen LogP contribution >= 0.6 is 0 Å². The van der Waals surface area contributed by atoms with E-state index in [4.69, 9.17) is 15.7 Å². The summed E-state index contributed by atoms with van der Waals surface area (Å²) in [7, 11) is 0. The lowest BCUT2D eigenvalue weighted by atomic mass is 10.0. The lowest BCUT2D eigenvalue weighted by Crippen LogP contribution is -2.26. The molecule has 0 spiro atoms. The van der Waals surface area contributed by atoms with Gasteiger partial charge in [0, 0.05) is 5.56 Å². The lowest BCUT2D eigenvalue weighted by molar-refractivity contribution is -0.127. The first-order chi connectivity index (χ1) is 12.6. The molecule has 2 aromatic carbocycles. The molecule has 26 heavy (non-hydrogen) atoms. The normalized spacial score (nSPS) is 14.2. The van der Waals surface area contributed by atoms with E-state index in [9.17, 15) is 9.59 Å². The number of nitrogens with zero attached hydrogens (tertiary/aromatic N) is 1. The van der Waals surface area contributed by atoms with Crippen LogP contribution in [-0.2, 0) is 9.53 Å². The minimum Gasteiger partial charge on any atom is -0.444 e. The monoisotopic (exact) mass is 346 g/mol. The van der Waals surface area contributed by atoms with Crippen LogP contribution in [0.25, 0.3) is 5.57 Å². The van der Waals surface area contributed by atoms with Gasteiger partial charge in [0.25, 0.3) is 5.91 Å². The quantitative estimate of drug-likeness (QED) is 0.838. The highest BCUT2D eigenvalue weighted by Crippen LogP contribution is 2.28. The van der Waals surface area contributed by atoms with Gasteiger partial charge in [-0.25, -0.2) is 4.79 Å². The zero-order valence-corrected chi connectivity index (χ0v) is 14.1. The van der Waals surface area contributed by atoms with E-state index >= 15 is 0 Å². The van der Waals surface area contributed by atoms with Gasteiger partial charge in [0.1, 0.15) is 0 Å². The number of carbonyl (C=O) groups excluding carboxylic acids is 2. The number of rotatable bonds is 5. The number of hydrogen-bond donors (Lipinski definition) is 1. The average molecular weight is 346 g/mol. The molecular weight excluding hydrogens is 328 g/mol. The Labute approximate surface area is 151 Å². The Kier molecular flexibility index (Phi) is 5.14. The van der Waals surface area contributed by atoms with Gasteiger partial charge in [-0.15, -0.1) is 0 Å². The Morgan fingerprint density at radius 3 is 2.31 bits per heavy atom. The van der Waals surface area contributed by atoms with Crippen molar-refractivity contribution in [1.82, 2.24) is 0 Å². The molecule has 0 heterocycles. The number of ether oxygens (including phenoxy) is 1. The molecule has 0 radical (unpaired) electrons. The predicted octanol–water partition coefficient (Wildman–Crippen LogP) is 3.51. The molecule has 1 atom stereocenters. The van der Waals surface area contributed by atoms with Gasteiger partial charge in [-0.2, -0.15) is 5.26 Å². The molecule has 1 aliphatic carbocycles. The summed E-state index contributed by atoms with van der Waals surface area (Å²) >= 11 is 0. The van der Waals surface area contributed by atoms with E-state index < -0.39 is 18.0 Å². The standard InChI is InChI=1S/C21H18N2O3/c22-13-14-5-7-17(8-6-14)19(20(23)24)26-21(25)18-11-9-16(10-12-18)15-3-1-2-4-15/h3,5-12,19H,1-2,4H2,(H2,23,24). The average Bonchev–Trinajstić information content (AvgIpc) is 3.21. The van der Waals surface area contributed by atoms with Crippen molar-refractivity contribution >= 4 is 17.4 Å². The van der Waals surface area contributed by atoms with Crippen molar-refractivity contribution in [3.8, 4) is 6.07 Å². The number of allylic oxidation sites excluding steroid dienone is 2. The number of primary amides is 1. The zero-order valence-electron chi connectivity index (χ0n) is 14.1. The lowest BCUT2D eigenvalue weighted by Gasteiger charge is -2.15. The highest BCUT2D eigenvalue weighted by Gasteiger charge is 2.23. The fourth-order valence-corrected chi connectivity index (χ4v) is 2.95. The van der Waals surface area contributed by atoms with Crippen LogP contribution in [0.2, 0.25) is 0 Å². The van der Waals surface area contributed by atoms with Gasteiger partial charge >= 0.3 is 5.97 Å². The third-order valence-corrected chi connectivity index (χ3v) is 4.36. The number of hydrogen-bond acceptors (Lipinski definition) is 4. The topological polar surface area (TPSA) is 93.2 Å². The number of nitriles is 1. The van der Waals surface area contributed by atoms with Gasteiger partial charge in [0.2, 0.25) is 6.10 Å². The molecule has 3 rings (SSSR count). The molecule has 1 aliphatic rings. The minimum absolute atomic E-state index is 0.354. The van der Waals surface area contributed by atoms with Crippen molar-refractivity contribution in [3.63, 3.8) is 0 Å². The van der Waals surface area contributed by atoms with Crippen LogP contribution in [-0.4, -0.2) is 11.9 Å². The number of esters is 1. The van der Waals surface area contributed by atoms with Gasteiger partial charge in [0.05, 0.1) is 17.2 Å². The largest absolute Gasteiger partial charge is 0.444 e. The first-order valence-corrected chi connectivity index (χ1v) is 8.38. The predicted molar refractivity (Wildman–Crippen MR) is 96.8 cm³/mol. The Morgan fingerprint density at radius 1 is 1.08 bits per heavy atom. The van der Waals surface area contributed by atoms with Crippen LogP contribution in [0, 0.1) is 11.3 Å². The van der Waals surface area contributed by atoms with Gasteiger partial charge in [-0.1, -0.05) is 30.3 Å². The van der Waals surface area contributed by atoms with Gasteiger partial charge in [-0.3, -0.25) is 4.79 Å². The van der Waals surface area contributed by atoms with Crippen LogP contribution in [0.4, 0.5) is 0 Å². The van der Waals surface area contributed by atoms with E-state index in [0.717, 1.165) is 24.8 Å². The second-order valence-electron chi connectivity index (χ2n) is 6.12. The van der Waals surface area contributed by atoms with Crippen molar-refractivity contribution in [2.24, 2.45) is 5.73 Å². The molecule has 0 fully saturated rings. The summed E-state index contributed by atoms with van der Waals surface area (Å²) < 4.78 is 5.31. The van der Waals surface area contributed by atoms with Gasteiger partial charge in [0.15, 0.2) is 0 Å². The number of carbonyl (C=O) groups is 2. The second kappa shape index (κ2) is 7.66. The first-order valence-electron chi connectivity index (χ1n) is 8.38. The maximum atomic E-state index is 12.4. The molecule has 130 valence electrons. The van der Waals surface area contributed by atoms with Crippen LogP contribution in [0.3, 0.4) is 0 Å². The Bertz CT molecular complexity index is 890. The molecule has 2 aromatic rings. The number of nitrogens with two attached hydrogens (primary N) is 1. The SMILES string of the molecule is N#Cc1ccc(C(OC(=O)c2ccc(C3=CCCC3)cc2)C(N)=O)cc1. The summed E-state index contributed by atoms with van der Waals surface area (Å²) in [5.41, 5.74) is 8.99. The molecule has 0 saturated carbocycles. The van der Waals surface area contributed by atoms with E-state index in [2.05, 4.69) is 6.08 Å². The van der Waals surface area contributed by atoms with Crippen molar-refractivity contribution in [1.29, 1.82) is 5.26 Å². The molecular formula is C21H18N2O3. The maximum Gasteiger partial charge on any atom is 0.339 e. The molecule has 5 nitrogen and oxygen atoms in total. The third kappa shape index (κ3) is 3.81. The molecule has 5 heteroatoms. The molecule has 0 aromatic heterocycles. The minimum atomic E-state index is -1.20. The first kappa shape index (κ1) is 17.4. The van der Waals surface area contributed by atoms with E-state index in [-0.39, 0.29) is 0 Å². The summed E-state index contributed by atoms with van der Waals surface area (Å²) in [4.78, 5) is 24.1. The van der Waals surface area contributed by atoms with Crippen LogP contribution < -0.4 is 5.73 Å². The fraction of sp³-hybridized carbons (Fsp3) is 0.190. The number of benzene rings is 2. The van der Waals surface area contributed by atoms with Crippen molar-refractivity contribution in [2.75, 3.05) is 0 Å². The summed E-state index contributed by atoms with van der Waals surface area (Å²) in [6, 6.07) is 15.3. The van der Waals surface area contributed by atoms with Crippen molar-refractivity contribution in [2.45, 2.75) is 25.4 Å². The molecule has 0 bridgehead atoms. The second-order valence-corrected chi connectivity index (χ2v) is 6.12. The highest BCUT2D eigenvalue weighted by atomic mass is 16.5. The van der Waals surface area contributed by atoms with Gasteiger partial charge in [-0.05, 0) is 54.7 Å². The zero-order chi connectivity index (χ0) is 18.5. The Hall–Kier alpha value is -3.39. The van der Waals surface area contributed by atoms with E-state index in [1.165, 1.54) is 5.57 Å². The summed E-state index contributed by atoms with van der Waals surface area (Å²) in [6.45, 7) is 0. The third-order valence-electron chi connectivity index (χ3n) is 4.36. The molecule has 1 amide bonds. The smallest absolute Gasteiger partial charge is 0.339 e.